The molecular formula is C40H38F2N6O2. The lowest BCUT2D eigenvalue weighted by atomic mass is 9.65. The average molecular weight is 673 g/mol. The summed E-state index contributed by atoms with van der Waals surface area (Å²) in [5.74, 6) is -1.17. The zero-order valence-electron chi connectivity index (χ0n) is 28.0. The summed E-state index contributed by atoms with van der Waals surface area (Å²) in [4.78, 5) is 26.4. The minimum absolute atomic E-state index is 0.0152. The van der Waals surface area contributed by atoms with Crippen molar-refractivity contribution in [3.63, 3.8) is 0 Å². The van der Waals surface area contributed by atoms with Crippen molar-refractivity contribution in [2.24, 2.45) is 5.41 Å². The Hall–Kier alpha value is -5.51. The van der Waals surface area contributed by atoms with Gasteiger partial charge < -0.3 is 10.1 Å². The first kappa shape index (κ1) is 33.0. The molecule has 3 heterocycles. The molecule has 254 valence electrons. The fourth-order valence-corrected chi connectivity index (χ4v) is 7.53. The molecule has 1 aliphatic rings. The van der Waals surface area contributed by atoms with Gasteiger partial charge in [0.15, 0.2) is 23.1 Å². The molecular weight excluding hydrogens is 634 g/mol. The van der Waals surface area contributed by atoms with Crippen molar-refractivity contribution in [2.45, 2.75) is 57.4 Å². The number of fused-ring (bicyclic) bond motifs is 1. The van der Waals surface area contributed by atoms with Crippen LogP contribution in [0.4, 0.5) is 14.6 Å². The Balaban J connectivity index is 1.37. The zero-order valence-corrected chi connectivity index (χ0v) is 28.0. The fourth-order valence-electron chi connectivity index (χ4n) is 7.53. The van der Waals surface area contributed by atoms with Crippen LogP contribution in [0.1, 0.15) is 68.2 Å². The molecule has 3 aromatic heterocycles. The number of hydrogen-bond donors (Lipinski definition) is 2. The Kier molecular flexibility index (Phi) is 9.10. The van der Waals surface area contributed by atoms with Crippen molar-refractivity contribution in [1.29, 1.82) is 0 Å². The maximum Gasteiger partial charge on any atom is 0.307 e. The molecule has 8 nitrogen and oxygen atoms in total. The van der Waals surface area contributed by atoms with Crippen molar-refractivity contribution < 1.29 is 18.3 Å². The van der Waals surface area contributed by atoms with Gasteiger partial charge in [-0.05, 0) is 54.0 Å². The van der Waals surface area contributed by atoms with E-state index in [1.165, 1.54) is 6.07 Å². The molecule has 1 atom stereocenters. The number of ether oxygens (including phenoxy) is 1. The highest BCUT2D eigenvalue weighted by Crippen LogP contribution is 2.47. The highest BCUT2D eigenvalue weighted by Gasteiger charge is 2.42. The van der Waals surface area contributed by atoms with Crippen LogP contribution in [0.2, 0.25) is 0 Å². The van der Waals surface area contributed by atoms with Crippen molar-refractivity contribution >= 4 is 22.8 Å². The van der Waals surface area contributed by atoms with Gasteiger partial charge >= 0.3 is 5.97 Å². The second kappa shape index (κ2) is 13.8. The maximum atomic E-state index is 16.1. The SMILES string of the molecule is CCOC(=O)CC(Nc1nc(-c2[nH]nc3ncc(C(c4ccccc4)(c4ccccc4)c4ccccc4F)cc23)ncc1F)C1(C)CCCC1. The van der Waals surface area contributed by atoms with Crippen LogP contribution >= 0.6 is 0 Å². The first-order valence-electron chi connectivity index (χ1n) is 17.0. The predicted molar refractivity (Wildman–Crippen MR) is 188 cm³/mol. The highest BCUT2D eigenvalue weighted by atomic mass is 19.1. The number of carbonyl (C=O) groups excluding carboxylic acids is 1. The van der Waals surface area contributed by atoms with E-state index >= 15 is 8.78 Å². The molecule has 2 N–H and O–H groups in total. The van der Waals surface area contributed by atoms with E-state index in [-0.39, 0.29) is 41.9 Å². The monoisotopic (exact) mass is 672 g/mol. The summed E-state index contributed by atoms with van der Waals surface area (Å²) in [7, 11) is 0. The maximum absolute atomic E-state index is 16.1. The second-order valence-corrected chi connectivity index (χ2v) is 13.1. The molecule has 0 spiro atoms. The van der Waals surface area contributed by atoms with Gasteiger partial charge in [0.1, 0.15) is 11.5 Å². The molecule has 10 heteroatoms. The molecule has 1 saturated carbocycles. The van der Waals surface area contributed by atoms with Crippen LogP contribution in [0.5, 0.6) is 0 Å². The number of anilines is 1. The van der Waals surface area contributed by atoms with Gasteiger partial charge in [0.2, 0.25) is 0 Å². The lowest BCUT2D eigenvalue weighted by Crippen LogP contribution is -2.39. The first-order chi connectivity index (χ1) is 24.3. The van der Waals surface area contributed by atoms with Crippen molar-refractivity contribution in [3.05, 3.63) is 137 Å². The van der Waals surface area contributed by atoms with Gasteiger partial charge in [-0.25, -0.2) is 23.7 Å². The van der Waals surface area contributed by atoms with Crippen molar-refractivity contribution in [1.82, 2.24) is 25.1 Å². The van der Waals surface area contributed by atoms with Crippen molar-refractivity contribution in [2.75, 3.05) is 11.9 Å². The Morgan fingerprint density at radius 2 is 1.56 bits per heavy atom. The van der Waals surface area contributed by atoms with E-state index in [1.807, 2.05) is 72.8 Å². The van der Waals surface area contributed by atoms with Gasteiger partial charge in [-0.3, -0.25) is 9.89 Å². The predicted octanol–water partition coefficient (Wildman–Crippen LogP) is 8.39. The molecule has 0 bridgehead atoms. The van der Waals surface area contributed by atoms with Crippen LogP contribution in [0, 0.1) is 17.0 Å². The number of rotatable bonds is 11. The van der Waals surface area contributed by atoms with Gasteiger partial charge in [-0.1, -0.05) is 98.6 Å². The Labute approximate surface area is 289 Å². The van der Waals surface area contributed by atoms with Crippen LogP contribution in [-0.2, 0) is 14.9 Å². The largest absolute Gasteiger partial charge is 0.466 e. The zero-order chi connectivity index (χ0) is 34.7. The molecule has 0 radical (unpaired) electrons. The first-order valence-corrected chi connectivity index (χ1v) is 17.0. The molecule has 1 aliphatic carbocycles. The number of aromatic nitrogens is 5. The summed E-state index contributed by atoms with van der Waals surface area (Å²) in [6.45, 7) is 4.15. The minimum Gasteiger partial charge on any atom is -0.466 e. The number of hydrogen-bond acceptors (Lipinski definition) is 7. The lowest BCUT2D eigenvalue weighted by Gasteiger charge is -2.36. The molecule has 0 aliphatic heterocycles. The number of aromatic amines is 1. The number of carbonyl (C=O) groups is 1. The fraction of sp³-hybridized carbons (Fsp3) is 0.275. The Morgan fingerprint density at radius 1 is 0.900 bits per heavy atom. The topological polar surface area (TPSA) is 106 Å². The summed E-state index contributed by atoms with van der Waals surface area (Å²) in [6, 6.07) is 27.8. The second-order valence-electron chi connectivity index (χ2n) is 13.1. The minimum atomic E-state index is -1.10. The molecule has 6 aromatic rings. The van der Waals surface area contributed by atoms with Gasteiger partial charge in [-0.2, -0.15) is 5.10 Å². The smallest absolute Gasteiger partial charge is 0.307 e. The molecule has 0 amide bonds. The van der Waals surface area contributed by atoms with E-state index in [9.17, 15) is 4.79 Å². The highest BCUT2D eigenvalue weighted by molar-refractivity contribution is 5.90. The van der Waals surface area contributed by atoms with E-state index in [1.54, 1.807) is 25.3 Å². The summed E-state index contributed by atoms with van der Waals surface area (Å²) < 4.78 is 36.8. The van der Waals surface area contributed by atoms with E-state index in [0.717, 1.165) is 43.0 Å². The number of benzene rings is 3. The third-order valence-corrected chi connectivity index (χ3v) is 10.1. The van der Waals surface area contributed by atoms with E-state index in [4.69, 9.17) is 9.72 Å². The summed E-state index contributed by atoms with van der Waals surface area (Å²) in [5.41, 5.74) is 2.33. The summed E-state index contributed by atoms with van der Waals surface area (Å²) in [5, 5.41) is 11.3. The quantitative estimate of drug-likeness (QED) is 0.105. The standard InChI is InChI=1S/C40H38F2N6O2/c1-3-50-34(49)23-33(39(2)20-12-13-21-39)45-37-32(42)25-44-38(46-37)35-29-22-28(24-43-36(29)48-47-35)40(26-14-6-4-7-15-26,27-16-8-5-9-17-27)30-18-10-11-19-31(30)41/h4-11,14-19,22,24-25,33H,3,12-13,20-21,23H2,1-2H3,(H,43,47,48)(H,44,45,46). The number of H-pyrrole nitrogens is 1. The summed E-state index contributed by atoms with van der Waals surface area (Å²) in [6.07, 6.45) is 6.78. The number of nitrogens with one attached hydrogen (secondary N) is 2. The Bertz CT molecular complexity index is 2080. The third-order valence-electron chi connectivity index (χ3n) is 10.1. The van der Waals surface area contributed by atoms with Crippen molar-refractivity contribution in [3.8, 4) is 11.5 Å². The molecule has 7 rings (SSSR count). The molecule has 3 aromatic carbocycles. The Morgan fingerprint density at radius 3 is 2.22 bits per heavy atom. The molecule has 1 fully saturated rings. The summed E-state index contributed by atoms with van der Waals surface area (Å²) >= 11 is 0. The van der Waals surface area contributed by atoms with Gasteiger partial charge in [0.05, 0.1) is 30.0 Å². The number of halogens is 2. The number of pyridine rings is 1. The molecule has 50 heavy (non-hydrogen) atoms. The van der Waals surface area contributed by atoms with E-state index in [2.05, 4.69) is 32.4 Å². The number of esters is 1. The van der Waals surface area contributed by atoms with E-state index in [0.29, 0.717) is 27.9 Å². The van der Waals surface area contributed by atoms with E-state index < -0.39 is 17.3 Å². The van der Waals surface area contributed by atoms with Crippen LogP contribution < -0.4 is 5.32 Å². The third kappa shape index (κ3) is 5.99. The van der Waals surface area contributed by atoms with Gasteiger partial charge in [0.25, 0.3) is 0 Å². The van der Waals surface area contributed by atoms with Crippen LogP contribution in [-0.4, -0.2) is 43.8 Å². The number of nitrogens with zero attached hydrogens (tertiary/aromatic N) is 4. The molecule has 0 saturated heterocycles. The van der Waals surface area contributed by atoms with Crippen LogP contribution in [0.15, 0.2) is 103 Å². The van der Waals surface area contributed by atoms with Crippen LogP contribution in [0.25, 0.3) is 22.6 Å². The van der Waals surface area contributed by atoms with Gasteiger partial charge in [0, 0.05) is 17.8 Å². The normalized spacial score (nSPS) is 14.8. The van der Waals surface area contributed by atoms with Gasteiger partial charge in [-0.15, -0.1) is 0 Å². The van der Waals surface area contributed by atoms with Crippen LogP contribution in [0.3, 0.4) is 0 Å². The molecule has 1 unspecified atom stereocenters. The lowest BCUT2D eigenvalue weighted by molar-refractivity contribution is -0.144. The average Bonchev–Trinajstić information content (AvgIpc) is 3.78.